The van der Waals surface area contributed by atoms with E-state index in [0.717, 1.165) is 80.4 Å². The van der Waals surface area contributed by atoms with Crippen LogP contribution in [0.3, 0.4) is 0 Å². The highest BCUT2D eigenvalue weighted by atomic mass is 35.5. The largest absolute Gasteiger partial charge is 0.508 e. The molecule has 36 heavy (non-hydrogen) atoms. The Bertz CT molecular complexity index is 1270. The first-order valence-electron chi connectivity index (χ1n) is 12.8. The maximum atomic E-state index is 12.7. The average molecular weight is 527 g/mol. The van der Waals surface area contributed by atoms with Crippen LogP contribution in [0.5, 0.6) is 5.75 Å². The van der Waals surface area contributed by atoms with Gasteiger partial charge in [0.15, 0.2) is 0 Å². The number of rotatable bonds is 5. The Hall–Kier alpha value is -2.47. The molecule has 190 valence electrons. The number of nitrogens with one attached hydrogen (secondary N) is 1. The molecular weight excluding hydrogens is 493 g/mol. The lowest BCUT2D eigenvalue weighted by Crippen LogP contribution is -2.42. The van der Waals surface area contributed by atoms with E-state index >= 15 is 0 Å². The molecule has 3 aromatic rings. The van der Waals surface area contributed by atoms with E-state index in [-0.39, 0.29) is 5.91 Å². The van der Waals surface area contributed by atoms with Gasteiger partial charge in [0.2, 0.25) is 5.91 Å². The van der Waals surface area contributed by atoms with Crippen LogP contribution in [-0.4, -0.2) is 58.5 Å². The number of halogens is 2. The molecule has 2 aliphatic rings. The number of hydrogen-bond acceptors (Lipinski definition) is 3. The second kappa shape index (κ2) is 10.9. The lowest BCUT2D eigenvalue weighted by molar-refractivity contribution is -0.127. The number of likely N-dealkylation sites (tertiary alicyclic amines) is 2. The summed E-state index contributed by atoms with van der Waals surface area (Å²) in [6.07, 6.45) is 9.95. The molecule has 0 atom stereocenters. The number of piperidine rings is 2. The molecule has 5 nitrogen and oxygen atoms in total. The van der Waals surface area contributed by atoms with Crippen molar-refractivity contribution in [3.8, 4) is 5.75 Å². The Balaban J connectivity index is 1.09. The standard InChI is InChI=1S/C29H33Cl2N3O2/c1-19-14-23(35)16-24-25(17-32-29(19)24)22-8-10-33(11-9-22)18-21-6-12-34(13-7-21)28(36)5-3-20-2-4-26(30)27(31)15-20/h2-5,14-17,21-22,32,35H,6-13,18H2,1H3/b5-3+. The van der Waals surface area contributed by atoms with Crippen LogP contribution < -0.4 is 0 Å². The molecule has 2 fully saturated rings. The van der Waals surface area contributed by atoms with Gasteiger partial charge in [-0.05, 0) is 105 Å². The van der Waals surface area contributed by atoms with Gasteiger partial charge in [0.25, 0.3) is 0 Å². The predicted octanol–water partition coefficient (Wildman–Crippen LogP) is 6.62. The Morgan fingerprint density at radius 2 is 1.81 bits per heavy atom. The number of aryl methyl sites for hydroxylation is 1. The van der Waals surface area contributed by atoms with Crippen LogP contribution in [0.2, 0.25) is 10.0 Å². The molecule has 0 radical (unpaired) electrons. The molecule has 2 N–H and O–H groups in total. The first kappa shape index (κ1) is 25.2. The molecule has 0 unspecified atom stereocenters. The maximum absolute atomic E-state index is 12.7. The molecule has 3 heterocycles. The Labute approximate surface area is 222 Å². The van der Waals surface area contributed by atoms with Gasteiger partial charge in [-0.25, -0.2) is 0 Å². The minimum Gasteiger partial charge on any atom is -0.508 e. The highest BCUT2D eigenvalue weighted by Gasteiger charge is 2.27. The van der Waals surface area contributed by atoms with Crippen molar-refractivity contribution in [2.75, 3.05) is 32.7 Å². The number of aromatic hydroxyl groups is 1. The van der Waals surface area contributed by atoms with Crippen molar-refractivity contribution in [1.82, 2.24) is 14.8 Å². The number of aromatic nitrogens is 1. The van der Waals surface area contributed by atoms with Crippen LogP contribution in [0.1, 0.15) is 48.3 Å². The second-order valence-corrected chi connectivity index (χ2v) is 11.1. The fourth-order valence-electron chi connectivity index (χ4n) is 5.77. The molecule has 5 rings (SSSR count). The van der Waals surface area contributed by atoms with Gasteiger partial charge in [-0.1, -0.05) is 29.3 Å². The molecule has 1 amide bonds. The summed E-state index contributed by atoms with van der Waals surface area (Å²) in [4.78, 5) is 20.6. The smallest absolute Gasteiger partial charge is 0.246 e. The fraction of sp³-hybridized carbons (Fsp3) is 0.414. The van der Waals surface area contributed by atoms with Crippen LogP contribution in [0, 0.1) is 12.8 Å². The Morgan fingerprint density at radius 1 is 1.06 bits per heavy atom. The third kappa shape index (κ3) is 5.59. The van der Waals surface area contributed by atoms with Crippen LogP contribution in [0.25, 0.3) is 17.0 Å². The lowest BCUT2D eigenvalue weighted by atomic mass is 9.88. The number of H-pyrrole nitrogens is 1. The van der Waals surface area contributed by atoms with Crippen molar-refractivity contribution in [3.63, 3.8) is 0 Å². The monoisotopic (exact) mass is 525 g/mol. The normalized spacial score (nSPS) is 18.5. The van der Waals surface area contributed by atoms with E-state index in [1.54, 1.807) is 24.3 Å². The van der Waals surface area contributed by atoms with Crippen molar-refractivity contribution in [2.24, 2.45) is 5.92 Å². The van der Waals surface area contributed by atoms with Crippen LogP contribution in [-0.2, 0) is 4.79 Å². The van der Waals surface area contributed by atoms with Gasteiger partial charge < -0.3 is 19.9 Å². The molecule has 0 saturated carbocycles. The zero-order valence-electron chi connectivity index (χ0n) is 20.6. The van der Waals surface area contributed by atoms with Gasteiger partial charge in [-0.2, -0.15) is 0 Å². The summed E-state index contributed by atoms with van der Waals surface area (Å²) in [5.74, 6) is 1.56. The first-order chi connectivity index (χ1) is 17.4. The molecule has 0 bridgehead atoms. The number of amides is 1. The molecule has 2 saturated heterocycles. The molecule has 2 aromatic carbocycles. The average Bonchev–Trinajstić information content (AvgIpc) is 3.30. The Kier molecular flexibility index (Phi) is 7.61. The van der Waals surface area contributed by atoms with E-state index in [9.17, 15) is 9.90 Å². The number of phenols is 1. The fourth-order valence-corrected chi connectivity index (χ4v) is 6.08. The van der Waals surface area contributed by atoms with Crippen molar-refractivity contribution in [3.05, 3.63) is 69.3 Å². The van der Waals surface area contributed by atoms with Gasteiger partial charge in [0, 0.05) is 42.8 Å². The quantitative estimate of drug-likeness (QED) is 0.368. The number of benzene rings is 2. The van der Waals surface area contributed by atoms with E-state index in [4.69, 9.17) is 23.2 Å². The summed E-state index contributed by atoms with van der Waals surface area (Å²) >= 11 is 12.0. The minimum atomic E-state index is 0.0559. The van der Waals surface area contributed by atoms with E-state index in [0.29, 0.717) is 27.6 Å². The summed E-state index contributed by atoms with van der Waals surface area (Å²) in [5.41, 5.74) is 4.43. The zero-order chi connectivity index (χ0) is 25.2. The third-order valence-corrected chi connectivity index (χ3v) is 8.57. The number of carbonyl (C=O) groups is 1. The molecule has 1 aromatic heterocycles. The molecule has 7 heteroatoms. The van der Waals surface area contributed by atoms with Gasteiger partial charge in [-0.3, -0.25) is 4.79 Å². The van der Waals surface area contributed by atoms with Crippen molar-refractivity contribution < 1.29 is 9.90 Å². The SMILES string of the molecule is Cc1cc(O)cc2c(C3CCN(CC4CCN(C(=O)/C=C/c5ccc(Cl)c(Cl)c5)CC4)CC3)c[nH]c12. The number of nitrogens with zero attached hydrogens (tertiary/aromatic N) is 2. The highest BCUT2D eigenvalue weighted by Crippen LogP contribution is 2.36. The van der Waals surface area contributed by atoms with Crippen LogP contribution in [0.15, 0.2) is 42.6 Å². The third-order valence-electron chi connectivity index (χ3n) is 7.84. The van der Waals surface area contributed by atoms with Crippen LogP contribution >= 0.6 is 23.2 Å². The van der Waals surface area contributed by atoms with E-state index in [1.165, 1.54) is 5.56 Å². The predicted molar refractivity (Wildman–Crippen MR) is 148 cm³/mol. The van der Waals surface area contributed by atoms with Gasteiger partial charge in [0.1, 0.15) is 5.75 Å². The van der Waals surface area contributed by atoms with Crippen molar-refractivity contribution >= 4 is 46.1 Å². The van der Waals surface area contributed by atoms with Gasteiger partial charge >= 0.3 is 0 Å². The summed E-state index contributed by atoms with van der Waals surface area (Å²) in [6.45, 7) is 6.96. The number of hydrogen-bond donors (Lipinski definition) is 2. The highest BCUT2D eigenvalue weighted by molar-refractivity contribution is 6.42. The van der Waals surface area contributed by atoms with E-state index in [1.807, 2.05) is 30.0 Å². The summed E-state index contributed by atoms with van der Waals surface area (Å²) in [5, 5.41) is 12.2. The number of carbonyl (C=O) groups excluding carboxylic acids is 1. The van der Waals surface area contributed by atoms with Gasteiger partial charge in [-0.15, -0.1) is 0 Å². The Morgan fingerprint density at radius 3 is 2.53 bits per heavy atom. The number of fused-ring (bicyclic) bond motifs is 1. The zero-order valence-corrected chi connectivity index (χ0v) is 22.2. The maximum Gasteiger partial charge on any atom is 0.246 e. The molecule has 2 aliphatic heterocycles. The molecule has 0 spiro atoms. The summed E-state index contributed by atoms with van der Waals surface area (Å²) < 4.78 is 0. The molecular formula is C29H33Cl2N3O2. The topological polar surface area (TPSA) is 59.6 Å². The first-order valence-corrected chi connectivity index (χ1v) is 13.6. The molecule has 0 aliphatic carbocycles. The second-order valence-electron chi connectivity index (χ2n) is 10.3. The van der Waals surface area contributed by atoms with Crippen LogP contribution in [0.4, 0.5) is 0 Å². The number of aromatic amines is 1. The van der Waals surface area contributed by atoms with Crippen molar-refractivity contribution in [1.29, 1.82) is 0 Å². The lowest BCUT2D eigenvalue weighted by Gasteiger charge is -2.37. The van der Waals surface area contributed by atoms with Crippen molar-refractivity contribution in [2.45, 2.75) is 38.5 Å². The number of phenolic OH excluding ortho intramolecular Hbond substituents is 1. The van der Waals surface area contributed by atoms with E-state index in [2.05, 4.69) is 16.1 Å². The minimum absolute atomic E-state index is 0.0559. The summed E-state index contributed by atoms with van der Waals surface area (Å²) in [7, 11) is 0. The summed E-state index contributed by atoms with van der Waals surface area (Å²) in [6, 6.07) is 9.09. The van der Waals surface area contributed by atoms with Gasteiger partial charge in [0.05, 0.1) is 10.0 Å². The van der Waals surface area contributed by atoms with E-state index < -0.39 is 0 Å².